The van der Waals surface area contributed by atoms with Crippen molar-refractivity contribution >= 4 is 37.5 Å². The lowest BCUT2D eigenvalue weighted by Gasteiger charge is -2.42. The average molecular weight is 389 g/mol. The molecule has 0 bridgehead atoms. The summed E-state index contributed by atoms with van der Waals surface area (Å²) in [6.07, 6.45) is 5.31. The third-order valence-corrected chi connectivity index (χ3v) is 5.95. The van der Waals surface area contributed by atoms with Gasteiger partial charge in [-0.15, -0.1) is 0 Å². The average Bonchev–Trinajstić information content (AvgIpc) is 2.47. The van der Waals surface area contributed by atoms with Gasteiger partial charge in [-0.2, -0.15) is 0 Å². The van der Waals surface area contributed by atoms with Crippen LogP contribution in [-0.4, -0.2) is 13.1 Å². The molecule has 1 aliphatic rings. The van der Waals surface area contributed by atoms with E-state index in [2.05, 4.69) is 68.8 Å². The van der Waals surface area contributed by atoms with E-state index in [9.17, 15) is 0 Å². The van der Waals surface area contributed by atoms with E-state index >= 15 is 0 Å². The highest BCUT2D eigenvalue weighted by Crippen LogP contribution is 2.40. The lowest BCUT2D eigenvalue weighted by molar-refractivity contribution is 0.199. The van der Waals surface area contributed by atoms with Crippen LogP contribution in [0.3, 0.4) is 0 Å². The summed E-state index contributed by atoms with van der Waals surface area (Å²) in [7, 11) is 0. The Bertz CT molecular complexity index is 417. The largest absolute Gasteiger partial charge is 0.371 e. The maximum atomic E-state index is 3.61. The summed E-state index contributed by atoms with van der Waals surface area (Å²) in [6, 6.07) is 6.64. The Morgan fingerprint density at radius 3 is 2.32 bits per heavy atom. The Morgan fingerprint density at radius 1 is 1.16 bits per heavy atom. The lowest BCUT2D eigenvalue weighted by atomic mass is 9.74. The molecular formula is C16H23Br2N. The zero-order valence-corrected chi connectivity index (χ0v) is 15.1. The van der Waals surface area contributed by atoms with Crippen LogP contribution in [-0.2, 0) is 5.33 Å². The molecule has 0 aromatic heterocycles. The molecule has 0 aliphatic carbocycles. The number of alkyl halides is 1. The van der Waals surface area contributed by atoms with Gasteiger partial charge in [0, 0.05) is 28.6 Å². The Hall–Kier alpha value is -0.0200. The van der Waals surface area contributed by atoms with E-state index in [0.717, 1.165) is 5.33 Å². The molecule has 19 heavy (non-hydrogen) atoms. The summed E-state index contributed by atoms with van der Waals surface area (Å²) in [5, 5.41) is 0.922. The molecular weight excluding hydrogens is 366 g/mol. The normalized spacial score (nSPS) is 18.6. The third-order valence-electron chi connectivity index (χ3n) is 4.85. The van der Waals surface area contributed by atoms with Gasteiger partial charge in [0.25, 0.3) is 0 Å². The summed E-state index contributed by atoms with van der Waals surface area (Å²) in [6.45, 7) is 7.10. The molecule has 0 unspecified atom stereocenters. The number of halogens is 2. The van der Waals surface area contributed by atoms with Crippen LogP contribution in [0.5, 0.6) is 0 Å². The van der Waals surface area contributed by atoms with Crippen molar-refractivity contribution in [1.29, 1.82) is 0 Å². The molecule has 1 aromatic rings. The molecule has 0 atom stereocenters. The number of benzene rings is 1. The molecule has 0 saturated carbocycles. The summed E-state index contributed by atoms with van der Waals surface area (Å²) >= 11 is 7.17. The molecule has 1 aromatic carbocycles. The number of hydrogen-bond acceptors (Lipinski definition) is 1. The van der Waals surface area contributed by atoms with Crippen molar-refractivity contribution in [2.75, 3.05) is 18.0 Å². The maximum Gasteiger partial charge on any atom is 0.0408 e. The number of nitrogens with zero attached hydrogens (tertiary/aromatic N) is 1. The second kappa shape index (κ2) is 6.62. The topological polar surface area (TPSA) is 3.24 Å². The van der Waals surface area contributed by atoms with Crippen LogP contribution in [0.1, 0.15) is 45.1 Å². The zero-order chi connectivity index (χ0) is 13.9. The SMILES string of the molecule is CCC1(CC)CCN(c2ccc(Br)cc2CBr)CC1. The van der Waals surface area contributed by atoms with Crippen molar-refractivity contribution in [2.24, 2.45) is 5.41 Å². The zero-order valence-electron chi connectivity index (χ0n) is 11.9. The predicted octanol–water partition coefficient (Wildman–Crippen LogP) is 5.75. The Balaban J connectivity index is 2.13. The fourth-order valence-corrected chi connectivity index (χ4v) is 4.01. The lowest BCUT2D eigenvalue weighted by Crippen LogP contribution is -2.40. The summed E-state index contributed by atoms with van der Waals surface area (Å²) in [5.41, 5.74) is 3.39. The Morgan fingerprint density at radius 2 is 1.79 bits per heavy atom. The molecule has 0 spiro atoms. The van der Waals surface area contributed by atoms with Gasteiger partial charge in [0.15, 0.2) is 0 Å². The van der Waals surface area contributed by atoms with Crippen LogP contribution in [0, 0.1) is 5.41 Å². The van der Waals surface area contributed by atoms with E-state index in [0.29, 0.717) is 5.41 Å². The molecule has 1 fully saturated rings. The van der Waals surface area contributed by atoms with Crippen LogP contribution >= 0.6 is 31.9 Å². The minimum absolute atomic E-state index is 0.598. The van der Waals surface area contributed by atoms with Crippen LogP contribution in [0.15, 0.2) is 22.7 Å². The van der Waals surface area contributed by atoms with Crippen LogP contribution < -0.4 is 4.90 Å². The van der Waals surface area contributed by atoms with Gasteiger partial charge in [-0.1, -0.05) is 58.5 Å². The molecule has 3 heteroatoms. The molecule has 1 nitrogen and oxygen atoms in total. The second-order valence-corrected chi connectivity index (χ2v) is 7.08. The third kappa shape index (κ3) is 3.36. The van der Waals surface area contributed by atoms with Crippen molar-refractivity contribution in [2.45, 2.75) is 44.9 Å². The number of anilines is 1. The van der Waals surface area contributed by atoms with Gasteiger partial charge < -0.3 is 4.90 Å². The maximum absolute atomic E-state index is 3.61. The molecule has 1 heterocycles. The monoisotopic (exact) mass is 387 g/mol. The predicted molar refractivity (Wildman–Crippen MR) is 91.2 cm³/mol. The minimum Gasteiger partial charge on any atom is -0.371 e. The van der Waals surface area contributed by atoms with E-state index in [-0.39, 0.29) is 0 Å². The minimum atomic E-state index is 0.598. The van der Waals surface area contributed by atoms with Gasteiger partial charge >= 0.3 is 0 Å². The first-order valence-corrected chi connectivity index (χ1v) is 9.15. The van der Waals surface area contributed by atoms with Crippen molar-refractivity contribution < 1.29 is 0 Å². The first-order valence-electron chi connectivity index (χ1n) is 7.23. The van der Waals surface area contributed by atoms with E-state index < -0.39 is 0 Å². The van der Waals surface area contributed by atoms with E-state index in [4.69, 9.17) is 0 Å². The van der Waals surface area contributed by atoms with Crippen LogP contribution in [0.25, 0.3) is 0 Å². The van der Waals surface area contributed by atoms with Crippen LogP contribution in [0.4, 0.5) is 5.69 Å². The molecule has 0 N–H and O–H groups in total. The highest BCUT2D eigenvalue weighted by Gasteiger charge is 2.31. The van der Waals surface area contributed by atoms with Gasteiger partial charge in [0.1, 0.15) is 0 Å². The summed E-state index contributed by atoms with van der Waals surface area (Å²) in [4.78, 5) is 2.56. The smallest absolute Gasteiger partial charge is 0.0408 e. The molecule has 0 amide bonds. The van der Waals surface area contributed by atoms with Crippen molar-refractivity contribution in [1.82, 2.24) is 0 Å². The fraction of sp³-hybridized carbons (Fsp3) is 0.625. The quantitative estimate of drug-likeness (QED) is 0.593. The van der Waals surface area contributed by atoms with E-state index in [1.807, 2.05) is 0 Å². The summed E-state index contributed by atoms with van der Waals surface area (Å²) < 4.78 is 1.17. The fourth-order valence-electron chi connectivity index (χ4n) is 3.15. The Labute approximate surface area is 134 Å². The van der Waals surface area contributed by atoms with Gasteiger partial charge in [-0.05, 0) is 42.0 Å². The van der Waals surface area contributed by atoms with Gasteiger partial charge in [-0.3, -0.25) is 0 Å². The molecule has 1 aliphatic heterocycles. The van der Waals surface area contributed by atoms with Crippen LogP contribution in [0.2, 0.25) is 0 Å². The molecule has 0 radical (unpaired) electrons. The number of rotatable bonds is 4. The molecule has 1 saturated heterocycles. The number of hydrogen-bond donors (Lipinski definition) is 0. The van der Waals surface area contributed by atoms with Crippen molar-refractivity contribution in [3.05, 3.63) is 28.2 Å². The van der Waals surface area contributed by atoms with E-state index in [1.54, 1.807) is 0 Å². The van der Waals surface area contributed by atoms with E-state index in [1.165, 1.54) is 54.5 Å². The number of piperidine rings is 1. The second-order valence-electron chi connectivity index (χ2n) is 5.60. The molecule has 106 valence electrons. The van der Waals surface area contributed by atoms with Crippen molar-refractivity contribution in [3.63, 3.8) is 0 Å². The first-order chi connectivity index (χ1) is 9.14. The highest BCUT2D eigenvalue weighted by atomic mass is 79.9. The first kappa shape index (κ1) is 15.4. The van der Waals surface area contributed by atoms with Gasteiger partial charge in [0.2, 0.25) is 0 Å². The van der Waals surface area contributed by atoms with Gasteiger partial charge in [-0.25, -0.2) is 0 Å². The van der Waals surface area contributed by atoms with Crippen molar-refractivity contribution in [3.8, 4) is 0 Å². The standard InChI is InChI=1S/C16H23Br2N/c1-3-16(4-2)7-9-19(10-8-16)15-6-5-14(18)11-13(15)12-17/h5-6,11H,3-4,7-10,12H2,1-2H3. The summed E-state index contributed by atoms with van der Waals surface area (Å²) in [5.74, 6) is 0. The molecule has 2 rings (SSSR count). The highest BCUT2D eigenvalue weighted by molar-refractivity contribution is 9.10. The Kier molecular flexibility index (Phi) is 5.36. The van der Waals surface area contributed by atoms with Gasteiger partial charge in [0.05, 0.1) is 0 Å².